The first-order chi connectivity index (χ1) is 6.33. The molecule has 1 aliphatic carbocycles. The maximum absolute atomic E-state index is 3.50. The van der Waals surface area contributed by atoms with Crippen molar-refractivity contribution < 1.29 is 0 Å². The fraction of sp³-hybridized carbons (Fsp3) is 1.00. The van der Waals surface area contributed by atoms with Crippen LogP contribution in [0.25, 0.3) is 0 Å². The molecule has 0 radical (unpaired) electrons. The van der Waals surface area contributed by atoms with Gasteiger partial charge in [0.05, 0.1) is 0 Å². The van der Waals surface area contributed by atoms with Crippen LogP contribution in [0.5, 0.6) is 0 Å². The normalized spacial score (nSPS) is 29.1. The summed E-state index contributed by atoms with van der Waals surface area (Å²) < 4.78 is 0. The Morgan fingerprint density at radius 3 is 2.77 bits per heavy atom. The molecule has 0 aromatic rings. The number of rotatable bonds is 5. The Balaban J connectivity index is 2.00. The van der Waals surface area contributed by atoms with Crippen LogP contribution in [0.1, 0.15) is 52.4 Å². The van der Waals surface area contributed by atoms with Crippen LogP contribution in [0.4, 0.5) is 0 Å². The maximum Gasteiger partial charge on any atom is -0.00463 e. The van der Waals surface area contributed by atoms with Gasteiger partial charge in [0, 0.05) is 0 Å². The van der Waals surface area contributed by atoms with Crippen molar-refractivity contribution in [3.8, 4) is 0 Å². The van der Waals surface area contributed by atoms with Crippen LogP contribution < -0.4 is 5.32 Å². The summed E-state index contributed by atoms with van der Waals surface area (Å²) >= 11 is 0. The Hall–Kier alpha value is -0.0400. The van der Waals surface area contributed by atoms with Crippen LogP contribution in [0.15, 0.2) is 0 Å². The molecule has 0 saturated heterocycles. The highest BCUT2D eigenvalue weighted by Gasteiger charge is 2.17. The molecular formula is C12H25N. The topological polar surface area (TPSA) is 12.0 Å². The van der Waals surface area contributed by atoms with E-state index in [9.17, 15) is 0 Å². The van der Waals surface area contributed by atoms with Gasteiger partial charge >= 0.3 is 0 Å². The molecule has 0 aromatic heterocycles. The van der Waals surface area contributed by atoms with Crippen molar-refractivity contribution in [3.63, 3.8) is 0 Å². The van der Waals surface area contributed by atoms with E-state index in [-0.39, 0.29) is 0 Å². The van der Waals surface area contributed by atoms with E-state index < -0.39 is 0 Å². The SMILES string of the molecule is CCCNCCC1CCCC(C)C1. The summed E-state index contributed by atoms with van der Waals surface area (Å²) in [5.41, 5.74) is 0. The molecular weight excluding hydrogens is 158 g/mol. The molecule has 0 bridgehead atoms. The Labute approximate surface area is 83.3 Å². The van der Waals surface area contributed by atoms with Gasteiger partial charge in [0.1, 0.15) is 0 Å². The third-order valence-corrected chi connectivity index (χ3v) is 3.20. The van der Waals surface area contributed by atoms with Crippen molar-refractivity contribution in [1.82, 2.24) is 5.32 Å². The minimum atomic E-state index is 0.991. The van der Waals surface area contributed by atoms with E-state index in [1.165, 1.54) is 51.6 Å². The van der Waals surface area contributed by atoms with Gasteiger partial charge in [0.2, 0.25) is 0 Å². The lowest BCUT2D eigenvalue weighted by Crippen LogP contribution is -2.21. The molecule has 1 rings (SSSR count). The number of hydrogen-bond donors (Lipinski definition) is 1. The highest BCUT2D eigenvalue weighted by molar-refractivity contribution is 4.71. The first kappa shape index (κ1) is 11.0. The highest BCUT2D eigenvalue weighted by Crippen LogP contribution is 2.30. The van der Waals surface area contributed by atoms with Gasteiger partial charge in [-0.25, -0.2) is 0 Å². The second kappa shape index (κ2) is 6.42. The van der Waals surface area contributed by atoms with Crippen LogP contribution in [-0.4, -0.2) is 13.1 Å². The van der Waals surface area contributed by atoms with Crippen LogP contribution >= 0.6 is 0 Å². The predicted octanol–water partition coefficient (Wildman–Crippen LogP) is 3.20. The molecule has 1 saturated carbocycles. The Kier molecular flexibility index (Phi) is 5.45. The van der Waals surface area contributed by atoms with Crippen LogP contribution in [0, 0.1) is 11.8 Å². The van der Waals surface area contributed by atoms with Gasteiger partial charge < -0.3 is 5.32 Å². The van der Waals surface area contributed by atoms with Crippen molar-refractivity contribution >= 4 is 0 Å². The molecule has 0 spiro atoms. The molecule has 0 amide bonds. The largest absolute Gasteiger partial charge is 0.317 e. The lowest BCUT2D eigenvalue weighted by atomic mass is 9.81. The quantitative estimate of drug-likeness (QED) is 0.645. The molecule has 1 nitrogen and oxygen atoms in total. The van der Waals surface area contributed by atoms with E-state index in [2.05, 4.69) is 19.2 Å². The van der Waals surface area contributed by atoms with E-state index in [0.29, 0.717) is 0 Å². The van der Waals surface area contributed by atoms with E-state index in [4.69, 9.17) is 0 Å². The van der Waals surface area contributed by atoms with E-state index >= 15 is 0 Å². The summed E-state index contributed by atoms with van der Waals surface area (Å²) in [6.45, 7) is 7.08. The van der Waals surface area contributed by atoms with Gasteiger partial charge in [0.15, 0.2) is 0 Å². The fourth-order valence-electron chi connectivity index (χ4n) is 2.43. The van der Waals surface area contributed by atoms with Gasteiger partial charge in [-0.15, -0.1) is 0 Å². The van der Waals surface area contributed by atoms with E-state index in [0.717, 1.165) is 11.8 Å². The van der Waals surface area contributed by atoms with Crippen molar-refractivity contribution in [2.45, 2.75) is 52.4 Å². The van der Waals surface area contributed by atoms with Gasteiger partial charge in [-0.1, -0.05) is 33.1 Å². The second-order valence-electron chi connectivity index (χ2n) is 4.68. The molecule has 0 aliphatic heterocycles. The number of hydrogen-bond acceptors (Lipinski definition) is 1. The van der Waals surface area contributed by atoms with Crippen molar-refractivity contribution in [3.05, 3.63) is 0 Å². The average Bonchev–Trinajstić information content (AvgIpc) is 2.13. The molecule has 1 N–H and O–H groups in total. The monoisotopic (exact) mass is 183 g/mol. The summed E-state index contributed by atoms with van der Waals surface area (Å²) in [6, 6.07) is 0. The Bertz CT molecular complexity index is 122. The van der Waals surface area contributed by atoms with Crippen LogP contribution in [-0.2, 0) is 0 Å². The fourth-order valence-corrected chi connectivity index (χ4v) is 2.43. The first-order valence-corrected chi connectivity index (χ1v) is 6.03. The van der Waals surface area contributed by atoms with Gasteiger partial charge in [0.25, 0.3) is 0 Å². The molecule has 13 heavy (non-hydrogen) atoms. The first-order valence-electron chi connectivity index (χ1n) is 6.03. The highest BCUT2D eigenvalue weighted by atomic mass is 14.8. The van der Waals surface area contributed by atoms with Crippen molar-refractivity contribution in [1.29, 1.82) is 0 Å². The summed E-state index contributed by atoms with van der Waals surface area (Å²) in [5.74, 6) is 2.01. The third-order valence-electron chi connectivity index (χ3n) is 3.20. The summed E-state index contributed by atoms with van der Waals surface area (Å²) in [5, 5.41) is 3.50. The van der Waals surface area contributed by atoms with Crippen molar-refractivity contribution in [2.75, 3.05) is 13.1 Å². The molecule has 1 heteroatoms. The summed E-state index contributed by atoms with van der Waals surface area (Å²) in [4.78, 5) is 0. The zero-order valence-electron chi connectivity index (χ0n) is 9.31. The molecule has 2 unspecified atom stereocenters. The van der Waals surface area contributed by atoms with Crippen LogP contribution in [0.2, 0.25) is 0 Å². The number of nitrogens with one attached hydrogen (secondary N) is 1. The smallest absolute Gasteiger partial charge is 0.00463 e. The molecule has 2 atom stereocenters. The lowest BCUT2D eigenvalue weighted by Gasteiger charge is -2.26. The molecule has 0 heterocycles. The summed E-state index contributed by atoms with van der Waals surface area (Å²) in [7, 11) is 0. The van der Waals surface area contributed by atoms with E-state index in [1.54, 1.807) is 0 Å². The third kappa shape index (κ3) is 4.66. The summed E-state index contributed by atoms with van der Waals surface area (Å²) in [6.07, 6.45) is 8.58. The molecule has 1 fully saturated rings. The molecule has 1 aliphatic rings. The molecule has 0 aromatic carbocycles. The van der Waals surface area contributed by atoms with Crippen LogP contribution in [0.3, 0.4) is 0 Å². The average molecular weight is 183 g/mol. The Morgan fingerprint density at radius 2 is 2.08 bits per heavy atom. The van der Waals surface area contributed by atoms with Gasteiger partial charge in [-0.05, 0) is 44.2 Å². The minimum absolute atomic E-state index is 0.991. The molecule has 78 valence electrons. The zero-order chi connectivity index (χ0) is 9.52. The Morgan fingerprint density at radius 1 is 1.23 bits per heavy atom. The lowest BCUT2D eigenvalue weighted by molar-refractivity contribution is 0.268. The van der Waals surface area contributed by atoms with Gasteiger partial charge in [-0.3, -0.25) is 0 Å². The van der Waals surface area contributed by atoms with E-state index in [1.807, 2.05) is 0 Å². The van der Waals surface area contributed by atoms with Gasteiger partial charge in [-0.2, -0.15) is 0 Å². The predicted molar refractivity (Wildman–Crippen MR) is 58.9 cm³/mol. The van der Waals surface area contributed by atoms with Crippen molar-refractivity contribution in [2.24, 2.45) is 11.8 Å². The maximum atomic E-state index is 3.50. The standard InChI is InChI=1S/C12H25N/c1-3-8-13-9-7-12-6-4-5-11(2)10-12/h11-13H,3-10H2,1-2H3. The second-order valence-corrected chi connectivity index (χ2v) is 4.68. The minimum Gasteiger partial charge on any atom is -0.317 e. The zero-order valence-corrected chi connectivity index (χ0v) is 9.31.